The van der Waals surface area contributed by atoms with Crippen LogP contribution in [0.1, 0.15) is 78.8 Å². The van der Waals surface area contributed by atoms with Crippen molar-refractivity contribution in [3.63, 3.8) is 0 Å². The number of aryl methyl sites for hydroxylation is 1. The molecular weight excluding hydrogens is 524 g/mol. The molecule has 0 saturated carbocycles. The molecule has 1 fully saturated rings. The number of carbonyl (C=O) groups is 1. The minimum Gasteiger partial charge on any atom is -0.349 e. The van der Waals surface area contributed by atoms with Crippen LogP contribution in [0.5, 0.6) is 0 Å². The van der Waals surface area contributed by atoms with Crippen molar-refractivity contribution in [1.29, 1.82) is 0 Å². The number of fused-ring (bicyclic) bond motifs is 1. The number of hydrogen-bond donors (Lipinski definition) is 0. The Balaban J connectivity index is 0.00000441. The molecule has 0 unspecified atom stereocenters. The van der Waals surface area contributed by atoms with E-state index in [-0.39, 0.29) is 36.8 Å². The third-order valence-electron chi connectivity index (χ3n) is 7.21. The Labute approximate surface area is 243 Å². The van der Waals surface area contributed by atoms with Crippen molar-refractivity contribution in [3.05, 3.63) is 63.4 Å². The third-order valence-corrected chi connectivity index (χ3v) is 7.54. The number of pyridine rings is 2. The Morgan fingerprint density at radius 3 is 2.48 bits per heavy atom. The van der Waals surface area contributed by atoms with Gasteiger partial charge in [-0.3, -0.25) is 9.78 Å². The summed E-state index contributed by atoms with van der Waals surface area (Å²) in [5.41, 5.74) is 3.20. The predicted molar refractivity (Wildman–Crippen MR) is 165 cm³/mol. The van der Waals surface area contributed by atoms with Crippen molar-refractivity contribution < 1.29 is 4.79 Å². The van der Waals surface area contributed by atoms with Gasteiger partial charge in [0.05, 0.1) is 27.5 Å². The molecule has 0 bridgehead atoms. The highest BCUT2D eigenvalue weighted by Gasteiger charge is 2.34. The molecule has 0 aromatic carbocycles. The smallest absolute Gasteiger partial charge is 0.349 e. The molecule has 1 aliphatic heterocycles. The van der Waals surface area contributed by atoms with Gasteiger partial charge < -0.3 is 9.80 Å². The third kappa shape index (κ3) is 5.92. The Hall–Kier alpha value is -3.26. The summed E-state index contributed by atoms with van der Waals surface area (Å²) in [7, 11) is 0. The van der Waals surface area contributed by atoms with Gasteiger partial charge in [0.15, 0.2) is 5.65 Å². The number of carbonyl (C=O) groups excluding carboxylic acids is 1. The molecule has 4 heterocycles. The van der Waals surface area contributed by atoms with Gasteiger partial charge in [0.1, 0.15) is 5.82 Å². The maximum absolute atomic E-state index is 14.0. The van der Waals surface area contributed by atoms with Gasteiger partial charge in [0, 0.05) is 31.4 Å². The number of halogens is 1. The van der Waals surface area contributed by atoms with Crippen molar-refractivity contribution in [1.82, 2.24) is 24.4 Å². The molecule has 1 amide bonds. The lowest BCUT2D eigenvalue weighted by Crippen LogP contribution is -2.58. The van der Waals surface area contributed by atoms with E-state index in [1.54, 1.807) is 15.7 Å². The zero-order valence-corrected chi connectivity index (χ0v) is 25.0. The largest absolute Gasteiger partial charge is 0.355 e. The molecule has 3 aromatic rings. The number of amides is 1. The van der Waals surface area contributed by atoms with E-state index in [4.69, 9.17) is 16.6 Å². The highest BCUT2D eigenvalue weighted by atomic mass is 35.5. The van der Waals surface area contributed by atoms with Crippen LogP contribution in [-0.4, -0.2) is 55.5 Å². The average Bonchev–Trinajstić information content (AvgIpc) is 2.84. The predicted octanol–water partition coefficient (Wildman–Crippen LogP) is 6.10. The summed E-state index contributed by atoms with van der Waals surface area (Å²) in [6.07, 6.45) is 3.76. The maximum atomic E-state index is 14.0. The SMILES string of the molecule is C.C=CC(=O)N1C[C@H](C)N(c2nc(=O)n(-c3c(C)ccnc3C(C)C)c3nc(CC(C)(C)C)c(Cl)cc23)C[C@H]1C. The molecule has 0 N–H and O–H groups in total. The van der Waals surface area contributed by atoms with E-state index < -0.39 is 5.69 Å². The summed E-state index contributed by atoms with van der Waals surface area (Å²) >= 11 is 6.85. The van der Waals surface area contributed by atoms with Gasteiger partial charge in [-0.1, -0.05) is 60.2 Å². The molecule has 3 aromatic heterocycles. The zero-order valence-electron chi connectivity index (χ0n) is 24.2. The lowest BCUT2D eigenvalue weighted by molar-refractivity contribution is -0.128. The van der Waals surface area contributed by atoms with Gasteiger partial charge in [0.2, 0.25) is 5.91 Å². The van der Waals surface area contributed by atoms with Crippen LogP contribution >= 0.6 is 11.6 Å². The van der Waals surface area contributed by atoms with E-state index in [1.165, 1.54) is 6.08 Å². The molecule has 0 spiro atoms. The fourth-order valence-electron chi connectivity index (χ4n) is 5.32. The standard InChI is InChI=1S/C30H39ClN6O2.CH4/c1-10-24(38)35-15-20(6)36(16-19(35)5)27-21-13-22(31)23(14-30(7,8)9)33-28(21)37(29(39)34-27)26-18(4)11-12-32-25(26)17(2)3;/h10-13,17,19-20H,1,14-16H2,2-9H3;1H4/t19-,20+;/m1./s1. The van der Waals surface area contributed by atoms with E-state index in [0.717, 1.165) is 17.0 Å². The Morgan fingerprint density at radius 2 is 1.88 bits per heavy atom. The molecule has 40 heavy (non-hydrogen) atoms. The molecule has 2 atom stereocenters. The van der Waals surface area contributed by atoms with Crippen molar-refractivity contribution in [3.8, 4) is 5.69 Å². The number of nitrogens with zero attached hydrogens (tertiary/aromatic N) is 6. The normalized spacial score (nSPS) is 17.8. The summed E-state index contributed by atoms with van der Waals surface area (Å²) in [4.78, 5) is 44.6. The van der Waals surface area contributed by atoms with E-state index in [2.05, 4.69) is 56.1 Å². The first kappa shape index (κ1) is 31.3. The Bertz CT molecular complexity index is 1490. The number of rotatable bonds is 5. The highest BCUT2D eigenvalue weighted by molar-refractivity contribution is 6.32. The Morgan fingerprint density at radius 1 is 1.20 bits per heavy atom. The zero-order chi connectivity index (χ0) is 28.8. The van der Waals surface area contributed by atoms with Crippen molar-refractivity contribution in [2.24, 2.45) is 5.41 Å². The molecule has 0 aliphatic carbocycles. The lowest BCUT2D eigenvalue weighted by Gasteiger charge is -2.44. The van der Waals surface area contributed by atoms with Crippen LogP contribution in [0.4, 0.5) is 5.82 Å². The molecular formula is C31H43ClN6O2. The summed E-state index contributed by atoms with van der Waals surface area (Å²) in [6, 6.07) is 3.61. The van der Waals surface area contributed by atoms with E-state index in [1.807, 2.05) is 32.9 Å². The van der Waals surface area contributed by atoms with E-state index in [0.29, 0.717) is 47.1 Å². The van der Waals surface area contributed by atoms with Crippen molar-refractivity contribution in [2.75, 3.05) is 18.0 Å². The number of hydrogen-bond acceptors (Lipinski definition) is 6. The van der Waals surface area contributed by atoms with Gasteiger partial charge in [-0.05, 0) is 62.3 Å². The molecule has 0 radical (unpaired) electrons. The van der Waals surface area contributed by atoms with Crippen LogP contribution in [0.2, 0.25) is 5.02 Å². The van der Waals surface area contributed by atoms with Crippen LogP contribution in [0, 0.1) is 12.3 Å². The molecule has 8 nitrogen and oxygen atoms in total. The van der Waals surface area contributed by atoms with Gasteiger partial charge >= 0.3 is 5.69 Å². The van der Waals surface area contributed by atoms with Crippen LogP contribution in [-0.2, 0) is 11.2 Å². The molecule has 1 aliphatic rings. The van der Waals surface area contributed by atoms with Crippen LogP contribution < -0.4 is 10.6 Å². The minimum atomic E-state index is -0.420. The van der Waals surface area contributed by atoms with Crippen LogP contribution in [0.25, 0.3) is 16.7 Å². The minimum absolute atomic E-state index is 0. The number of aromatic nitrogens is 4. The first-order valence-electron chi connectivity index (χ1n) is 13.5. The Kier molecular flexibility index (Phi) is 9.14. The van der Waals surface area contributed by atoms with Gasteiger partial charge in [-0.2, -0.15) is 4.98 Å². The summed E-state index contributed by atoms with van der Waals surface area (Å²) in [6.45, 7) is 21.2. The second-order valence-corrected chi connectivity index (χ2v) is 12.5. The van der Waals surface area contributed by atoms with E-state index in [9.17, 15) is 9.59 Å². The molecule has 4 rings (SSSR count). The van der Waals surface area contributed by atoms with Gasteiger partial charge in [-0.15, -0.1) is 0 Å². The van der Waals surface area contributed by atoms with E-state index >= 15 is 0 Å². The summed E-state index contributed by atoms with van der Waals surface area (Å²) in [5, 5.41) is 1.23. The monoisotopic (exact) mass is 566 g/mol. The summed E-state index contributed by atoms with van der Waals surface area (Å²) < 4.78 is 1.60. The van der Waals surface area contributed by atoms with Gasteiger partial charge in [-0.25, -0.2) is 14.3 Å². The lowest BCUT2D eigenvalue weighted by atomic mass is 9.90. The second kappa shape index (κ2) is 11.7. The molecule has 1 saturated heterocycles. The van der Waals surface area contributed by atoms with Crippen molar-refractivity contribution >= 4 is 34.4 Å². The fourth-order valence-corrected chi connectivity index (χ4v) is 5.54. The highest BCUT2D eigenvalue weighted by Crippen LogP contribution is 2.34. The maximum Gasteiger partial charge on any atom is 0.355 e. The molecule has 9 heteroatoms. The summed E-state index contributed by atoms with van der Waals surface area (Å²) in [5.74, 6) is 0.506. The molecule has 216 valence electrons. The van der Waals surface area contributed by atoms with Gasteiger partial charge in [0.25, 0.3) is 0 Å². The van der Waals surface area contributed by atoms with Crippen LogP contribution in [0.15, 0.2) is 35.8 Å². The first-order chi connectivity index (χ1) is 18.2. The fraction of sp³-hybridized carbons (Fsp3) is 0.516. The quantitative estimate of drug-likeness (QED) is 0.347. The van der Waals surface area contributed by atoms with Crippen molar-refractivity contribution in [2.45, 2.75) is 87.2 Å². The first-order valence-corrected chi connectivity index (χ1v) is 13.9. The topological polar surface area (TPSA) is 84.2 Å². The average molecular weight is 567 g/mol. The number of piperazine rings is 1. The second-order valence-electron chi connectivity index (χ2n) is 12.1. The number of anilines is 1. The van der Waals surface area contributed by atoms with Crippen LogP contribution in [0.3, 0.4) is 0 Å².